The van der Waals surface area contributed by atoms with E-state index in [1.807, 2.05) is 20.8 Å². The van der Waals surface area contributed by atoms with Crippen LogP contribution in [0.3, 0.4) is 0 Å². The minimum atomic E-state index is -3.68. The number of thiophene rings is 1. The summed E-state index contributed by atoms with van der Waals surface area (Å²) in [5.74, 6) is 0.0216. The molecule has 0 radical (unpaired) electrons. The van der Waals surface area contributed by atoms with Gasteiger partial charge in [0, 0.05) is 19.6 Å². The predicted octanol–water partition coefficient (Wildman–Crippen LogP) is 2.18. The molecule has 28 heavy (non-hydrogen) atoms. The Balaban J connectivity index is 1.77. The normalized spacial score (nSPS) is 17.2. The summed E-state index contributed by atoms with van der Waals surface area (Å²) >= 11 is 1.11. The van der Waals surface area contributed by atoms with E-state index in [0.717, 1.165) is 24.2 Å². The highest BCUT2D eigenvalue weighted by Crippen LogP contribution is 2.19. The number of carbonyl (C=O) groups excluding carboxylic acids is 2. The number of sulfonamides is 1. The summed E-state index contributed by atoms with van der Waals surface area (Å²) in [6, 6.07) is 2.33. The number of piperidine rings is 1. The first-order valence-corrected chi connectivity index (χ1v) is 11.7. The van der Waals surface area contributed by atoms with Gasteiger partial charge in [-0.2, -0.15) is 4.72 Å². The average molecular weight is 432 g/mol. The van der Waals surface area contributed by atoms with E-state index in [1.165, 1.54) is 6.07 Å². The number of hydrogen-bond acceptors (Lipinski definition) is 6. The van der Waals surface area contributed by atoms with E-state index in [2.05, 4.69) is 10.0 Å². The molecule has 0 bridgehead atoms. The number of rotatable bonds is 6. The van der Waals surface area contributed by atoms with E-state index in [-0.39, 0.29) is 16.0 Å². The van der Waals surface area contributed by atoms with Gasteiger partial charge in [-0.1, -0.05) is 6.07 Å². The molecular formula is C18H29N3O5S2. The van der Waals surface area contributed by atoms with Gasteiger partial charge in [0.05, 0.1) is 6.04 Å². The molecule has 2 N–H and O–H groups in total. The Morgan fingerprint density at radius 2 is 1.96 bits per heavy atom. The third-order valence-electron chi connectivity index (χ3n) is 4.32. The largest absolute Gasteiger partial charge is 0.444 e. The second-order valence-electron chi connectivity index (χ2n) is 7.93. The topological polar surface area (TPSA) is 105 Å². The van der Waals surface area contributed by atoms with Gasteiger partial charge in [-0.15, -0.1) is 11.3 Å². The summed E-state index contributed by atoms with van der Waals surface area (Å²) in [6.07, 6.45) is 1.04. The average Bonchev–Trinajstić information content (AvgIpc) is 3.13. The molecule has 1 fully saturated rings. The molecule has 0 aliphatic carbocycles. The van der Waals surface area contributed by atoms with E-state index < -0.39 is 27.8 Å². The van der Waals surface area contributed by atoms with Crippen LogP contribution >= 0.6 is 11.3 Å². The van der Waals surface area contributed by atoms with E-state index in [4.69, 9.17) is 4.74 Å². The van der Waals surface area contributed by atoms with Crippen LogP contribution in [0.2, 0.25) is 0 Å². The van der Waals surface area contributed by atoms with Gasteiger partial charge in [-0.3, -0.25) is 4.79 Å². The van der Waals surface area contributed by atoms with Crippen molar-refractivity contribution in [3.8, 4) is 0 Å². The molecule has 1 saturated heterocycles. The maximum Gasteiger partial charge on any atom is 0.407 e. The molecule has 0 aromatic carbocycles. The Morgan fingerprint density at radius 1 is 1.32 bits per heavy atom. The lowest BCUT2D eigenvalue weighted by atomic mass is 9.96. The lowest BCUT2D eigenvalue weighted by molar-refractivity contribution is -0.134. The van der Waals surface area contributed by atoms with E-state index in [1.54, 1.807) is 23.3 Å². The first-order valence-electron chi connectivity index (χ1n) is 9.29. The highest BCUT2D eigenvalue weighted by molar-refractivity contribution is 7.91. The standard InChI is InChI=1S/C18H29N3O5S2/c1-13(20-28(24,25)15-6-5-11-27-15)16(22)21-9-7-14(8-10-21)12-19-17(23)26-18(2,3)4/h5-6,11,13-14,20H,7-10,12H2,1-4H3,(H,19,23). The Bertz CT molecular complexity index is 764. The fourth-order valence-corrected chi connectivity index (χ4v) is 5.14. The maximum atomic E-state index is 12.6. The van der Waals surface area contributed by atoms with Crippen LogP contribution in [-0.4, -0.2) is 56.6 Å². The SMILES string of the molecule is CC(NS(=O)(=O)c1cccs1)C(=O)N1CCC(CNC(=O)OC(C)(C)C)CC1. The van der Waals surface area contributed by atoms with Gasteiger partial charge in [0.25, 0.3) is 10.0 Å². The fraction of sp³-hybridized carbons (Fsp3) is 0.667. The van der Waals surface area contributed by atoms with Crippen LogP contribution in [0.4, 0.5) is 4.79 Å². The summed E-state index contributed by atoms with van der Waals surface area (Å²) in [6.45, 7) is 8.55. The number of alkyl carbamates (subject to hydrolysis) is 1. The summed E-state index contributed by atoms with van der Waals surface area (Å²) in [4.78, 5) is 26.0. The lowest BCUT2D eigenvalue weighted by Gasteiger charge is -2.33. The van der Waals surface area contributed by atoms with Crippen molar-refractivity contribution in [3.63, 3.8) is 0 Å². The molecule has 0 spiro atoms. The number of amides is 2. The maximum absolute atomic E-state index is 12.6. The number of nitrogens with one attached hydrogen (secondary N) is 2. The molecular weight excluding hydrogens is 402 g/mol. The minimum absolute atomic E-state index is 0.194. The molecule has 1 atom stereocenters. The molecule has 8 nitrogen and oxygen atoms in total. The zero-order valence-electron chi connectivity index (χ0n) is 16.7. The van der Waals surface area contributed by atoms with Crippen LogP contribution < -0.4 is 10.0 Å². The molecule has 10 heteroatoms. The van der Waals surface area contributed by atoms with Gasteiger partial charge < -0.3 is 15.0 Å². The van der Waals surface area contributed by atoms with Crippen LogP contribution in [0.1, 0.15) is 40.5 Å². The molecule has 2 rings (SSSR count). The number of ether oxygens (including phenoxy) is 1. The Kier molecular flexibility index (Phi) is 7.46. The summed E-state index contributed by atoms with van der Waals surface area (Å²) in [7, 11) is -3.68. The minimum Gasteiger partial charge on any atom is -0.444 e. The zero-order valence-corrected chi connectivity index (χ0v) is 18.4. The number of hydrogen-bond donors (Lipinski definition) is 2. The number of likely N-dealkylation sites (tertiary alicyclic amines) is 1. The molecule has 1 unspecified atom stereocenters. The predicted molar refractivity (Wildman–Crippen MR) is 108 cm³/mol. The van der Waals surface area contributed by atoms with Gasteiger partial charge in [-0.05, 0) is 57.9 Å². The zero-order chi connectivity index (χ0) is 20.9. The third kappa shape index (κ3) is 6.75. The van der Waals surface area contributed by atoms with E-state index in [9.17, 15) is 18.0 Å². The van der Waals surface area contributed by atoms with E-state index in [0.29, 0.717) is 19.6 Å². The second-order valence-corrected chi connectivity index (χ2v) is 10.8. The van der Waals surface area contributed by atoms with Crippen molar-refractivity contribution in [1.82, 2.24) is 14.9 Å². The quantitative estimate of drug-likeness (QED) is 0.718. The first kappa shape index (κ1) is 22.6. The van der Waals surface area contributed by atoms with Crippen LogP contribution in [0.25, 0.3) is 0 Å². The van der Waals surface area contributed by atoms with Gasteiger partial charge in [0.1, 0.15) is 9.81 Å². The van der Waals surface area contributed by atoms with Crippen molar-refractivity contribution >= 4 is 33.4 Å². The van der Waals surface area contributed by atoms with Crippen LogP contribution in [0.5, 0.6) is 0 Å². The van der Waals surface area contributed by atoms with Crippen molar-refractivity contribution in [3.05, 3.63) is 17.5 Å². The highest BCUT2D eigenvalue weighted by Gasteiger charge is 2.29. The Hall–Kier alpha value is -1.65. The molecule has 2 amide bonds. The first-order chi connectivity index (χ1) is 13.0. The summed E-state index contributed by atoms with van der Waals surface area (Å²) in [5.41, 5.74) is -0.535. The van der Waals surface area contributed by atoms with Crippen molar-refractivity contribution in [2.24, 2.45) is 5.92 Å². The second kappa shape index (κ2) is 9.23. The molecule has 1 aliphatic rings. The number of carbonyl (C=O) groups is 2. The Morgan fingerprint density at radius 3 is 2.50 bits per heavy atom. The number of nitrogens with zero attached hydrogens (tertiary/aromatic N) is 1. The van der Waals surface area contributed by atoms with Crippen LogP contribution in [-0.2, 0) is 19.6 Å². The van der Waals surface area contributed by atoms with Gasteiger partial charge in [0.15, 0.2) is 0 Å². The van der Waals surface area contributed by atoms with Crippen molar-refractivity contribution in [1.29, 1.82) is 0 Å². The molecule has 1 aromatic rings. The molecule has 1 aliphatic heterocycles. The summed E-state index contributed by atoms with van der Waals surface area (Å²) < 4.78 is 32.4. The van der Waals surface area contributed by atoms with Crippen LogP contribution in [0, 0.1) is 5.92 Å². The lowest BCUT2D eigenvalue weighted by Crippen LogP contribution is -2.50. The van der Waals surface area contributed by atoms with Crippen molar-refractivity contribution in [2.75, 3.05) is 19.6 Å². The van der Waals surface area contributed by atoms with Crippen LogP contribution in [0.15, 0.2) is 21.7 Å². The van der Waals surface area contributed by atoms with Crippen molar-refractivity contribution in [2.45, 2.75) is 56.4 Å². The van der Waals surface area contributed by atoms with Gasteiger partial charge in [-0.25, -0.2) is 13.2 Å². The third-order valence-corrected chi connectivity index (χ3v) is 7.26. The van der Waals surface area contributed by atoms with E-state index >= 15 is 0 Å². The molecule has 0 saturated carbocycles. The van der Waals surface area contributed by atoms with Gasteiger partial charge in [0.2, 0.25) is 5.91 Å². The van der Waals surface area contributed by atoms with Crippen molar-refractivity contribution < 1.29 is 22.7 Å². The molecule has 1 aromatic heterocycles. The smallest absolute Gasteiger partial charge is 0.407 e. The molecule has 158 valence electrons. The highest BCUT2D eigenvalue weighted by atomic mass is 32.2. The van der Waals surface area contributed by atoms with Gasteiger partial charge >= 0.3 is 6.09 Å². The monoisotopic (exact) mass is 431 g/mol. The summed E-state index contributed by atoms with van der Waals surface area (Å²) in [5, 5.41) is 4.45. The Labute approximate surface area is 170 Å². The fourth-order valence-electron chi connectivity index (χ4n) is 2.93. The molecule has 2 heterocycles.